The molecule has 146 valence electrons. The van der Waals surface area contributed by atoms with Gasteiger partial charge in [-0.3, -0.25) is 0 Å². The minimum absolute atomic E-state index is 0.117. The monoisotopic (exact) mass is 393 g/mol. The van der Waals surface area contributed by atoms with Crippen LogP contribution in [-0.2, 0) is 4.74 Å². The van der Waals surface area contributed by atoms with Crippen molar-refractivity contribution in [2.24, 2.45) is 5.92 Å². The number of thiol groups is 1. The first-order valence-corrected chi connectivity index (χ1v) is 11.1. The molecule has 3 aliphatic rings. The van der Waals surface area contributed by atoms with Crippen LogP contribution in [0.4, 0.5) is 4.79 Å². The van der Waals surface area contributed by atoms with Gasteiger partial charge in [0.15, 0.2) is 0 Å². The third-order valence-corrected chi connectivity index (χ3v) is 7.39. The van der Waals surface area contributed by atoms with Crippen LogP contribution in [0.5, 0.6) is 0 Å². The molecule has 2 aromatic rings. The maximum absolute atomic E-state index is 13.1. The van der Waals surface area contributed by atoms with Gasteiger partial charge in [-0.1, -0.05) is 48.5 Å². The Morgan fingerprint density at radius 2 is 1.54 bits per heavy atom. The Morgan fingerprint density at radius 1 is 0.964 bits per heavy atom. The highest BCUT2D eigenvalue weighted by molar-refractivity contribution is 7.80. The average molecular weight is 394 g/mol. The number of fused-ring (bicyclic) bond motifs is 5. The smallest absolute Gasteiger partial charge is 0.410 e. The van der Waals surface area contributed by atoms with Crippen molar-refractivity contribution in [3.8, 4) is 11.1 Å². The maximum Gasteiger partial charge on any atom is 0.410 e. The minimum Gasteiger partial charge on any atom is -0.448 e. The molecule has 2 heterocycles. The Bertz CT molecular complexity index is 823. The standard InChI is InChI=1S/C24H27NO2S/c26-24(25-17-6-5-7-18(25)13-16(12-17)15-28)27-14-23-21-10-3-1-8-19(21)20-9-2-4-11-22(20)23/h1-4,8-11,16-18,23,28H,5-7,12-15H2. The van der Waals surface area contributed by atoms with Gasteiger partial charge in [-0.2, -0.15) is 12.6 Å². The van der Waals surface area contributed by atoms with E-state index in [2.05, 4.69) is 66.1 Å². The second-order valence-corrected chi connectivity index (χ2v) is 8.83. The molecule has 2 atom stereocenters. The van der Waals surface area contributed by atoms with E-state index in [1.165, 1.54) is 28.7 Å². The molecule has 0 aromatic heterocycles. The Balaban J connectivity index is 1.33. The summed E-state index contributed by atoms with van der Waals surface area (Å²) in [6, 6.07) is 17.7. The SMILES string of the molecule is O=C(OCC1c2ccccc2-c2ccccc21)N1C2CCCC1CC(CS)C2. The Hall–Kier alpha value is -1.94. The Kier molecular flexibility index (Phi) is 4.83. The molecule has 0 saturated carbocycles. The third kappa shape index (κ3) is 3.02. The average Bonchev–Trinajstić information content (AvgIpc) is 3.05. The van der Waals surface area contributed by atoms with Gasteiger partial charge in [0, 0.05) is 18.0 Å². The summed E-state index contributed by atoms with van der Waals surface area (Å²) in [5, 5.41) is 0. The van der Waals surface area contributed by atoms with Crippen molar-refractivity contribution >= 4 is 18.7 Å². The fourth-order valence-electron chi connectivity index (χ4n) is 5.61. The summed E-state index contributed by atoms with van der Waals surface area (Å²) in [6.45, 7) is 0.415. The van der Waals surface area contributed by atoms with Crippen molar-refractivity contribution in [2.45, 2.75) is 50.1 Å². The van der Waals surface area contributed by atoms with Gasteiger partial charge >= 0.3 is 6.09 Å². The predicted molar refractivity (Wildman–Crippen MR) is 115 cm³/mol. The molecule has 2 fully saturated rings. The van der Waals surface area contributed by atoms with Crippen LogP contribution in [0.15, 0.2) is 48.5 Å². The van der Waals surface area contributed by atoms with E-state index in [9.17, 15) is 4.79 Å². The lowest BCUT2D eigenvalue weighted by atomic mass is 9.79. The highest BCUT2D eigenvalue weighted by Crippen LogP contribution is 2.45. The van der Waals surface area contributed by atoms with Crippen LogP contribution in [0, 0.1) is 5.92 Å². The van der Waals surface area contributed by atoms with E-state index in [0.717, 1.165) is 31.4 Å². The van der Waals surface area contributed by atoms with Crippen molar-refractivity contribution in [3.63, 3.8) is 0 Å². The first-order chi connectivity index (χ1) is 13.8. The van der Waals surface area contributed by atoms with Gasteiger partial charge in [0.05, 0.1) is 0 Å². The lowest BCUT2D eigenvalue weighted by Gasteiger charge is -2.48. The van der Waals surface area contributed by atoms with E-state index < -0.39 is 0 Å². The number of nitrogens with zero attached hydrogens (tertiary/aromatic N) is 1. The summed E-state index contributed by atoms with van der Waals surface area (Å²) in [7, 11) is 0. The predicted octanol–water partition coefficient (Wildman–Crippen LogP) is 5.50. The second-order valence-electron chi connectivity index (χ2n) is 8.47. The molecule has 2 unspecified atom stereocenters. The van der Waals surface area contributed by atoms with Crippen LogP contribution in [-0.4, -0.2) is 35.4 Å². The molecular weight excluding hydrogens is 366 g/mol. The first kappa shape index (κ1) is 18.1. The topological polar surface area (TPSA) is 29.5 Å². The van der Waals surface area contributed by atoms with Crippen molar-refractivity contribution in [3.05, 3.63) is 59.7 Å². The van der Waals surface area contributed by atoms with E-state index in [1.807, 2.05) is 0 Å². The molecule has 0 radical (unpaired) electrons. The van der Waals surface area contributed by atoms with E-state index in [4.69, 9.17) is 4.74 Å². The lowest BCUT2D eigenvalue weighted by molar-refractivity contribution is 0.00872. The number of rotatable bonds is 3. The number of benzene rings is 2. The molecule has 2 aliphatic heterocycles. The lowest BCUT2D eigenvalue weighted by Crippen LogP contribution is -2.55. The van der Waals surface area contributed by atoms with Crippen molar-refractivity contribution < 1.29 is 9.53 Å². The van der Waals surface area contributed by atoms with Crippen LogP contribution in [0.3, 0.4) is 0 Å². The van der Waals surface area contributed by atoms with Crippen LogP contribution >= 0.6 is 12.6 Å². The third-order valence-electron chi connectivity index (χ3n) is 6.88. The minimum atomic E-state index is -0.117. The summed E-state index contributed by atoms with van der Waals surface area (Å²) >= 11 is 4.51. The van der Waals surface area contributed by atoms with Crippen LogP contribution < -0.4 is 0 Å². The van der Waals surface area contributed by atoms with E-state index in [0.29, 0.717) is 24.6 Å². The van der Waals surface area contributed by atoms with Crippen molar-refractivity contribution in [1.29, 1.82) is 0 Å². The zero-order valence-corrected chi connectivity index (χ0v) is 17.0. The molecule has 0 N–H and O–H groups in total. The zero-order valence-electron chi connectivity index (χ0n) is 16.1. The summed E-state index contributed by atoms with van der Waals surface area (Å²) in [4.78, 5) is 15.1. The number of ether oxygens (including phenoxy) is 1. The molecule has 4 heteroatoms. The number of carbonyl (C=O) groups excluding carboxylic acids is 1. The molecule has 2 aromatic carbocycles. The van der Waals surface area contributed by atoms with Crippen molar-refractivity contribution in [1.82, 2.24) is 4.90 Å². The second kappa shape index (κ2) is 7.47. The molecule has 1 amide bonds. The highest BCUT2D eigenvalue weighted by atomic mass is 32.1. The summed E-state index contributed by atoms with van der Waals surface area (Å²) in [5.74, 6) is 1.69. The summed E-state index contributed by atoms with van der Waals surface area (Å²) < 4.78 is 5.95. The molecule has 0 spiro atoms. The van der Waals surface area contributed by atoms with E-state index >= 15 is 0 Å². The first-order valence-electron chi connectivity index (χ1n) is 10.5. The maximum atomic E-state index is 13.1. The summed E-state index contributed by atoms with van der Waals surface area (Å²) in [5.41, 5.74) is 5.08. The van der Waals surface area contributed by atoms with Gasteiger partial charge in [-0.15, -0.1) is 0 Å². The quantitative estimate of drug-likeness (QED) is 0.698. The van der Waals surface area contributed by atoms with Crippen molar-refractivity contribution in [2.75, 3.05) is 12.4 Å². The summed E-state index contributed by atoms with van der Waals surface area (Å²) in [6.07, 6.45) is 5.46. The molecule has 5 rings (SSSR count). The van der Waals surface area contributed by atoms with Crippen LogP contribution in [0.2, 0.25) is 0 Å². The van der Waals surface area contributed by atoms with Gasteiger partial charge in [-0.25, -0.2) is 4.79 Å². The number of amides is 1. The molecule has 2 saturated heterocycles. The van der Waals surface area contributed by atoms with Gasteiger partial charge in [0.25, 0.3) is 0 Å². The Labute approximate surface area is 172 Å². The zero-order chi connectivity index (χ0) is 19.1. The molecule has 2 bridgehead atoms. The highest BCUT2D eigenvalue weighted by Gasteiger charge is 2.41. The fourth-order valence-corrected chi connectivity index (χ4v) is 5.91. The van der Waals surface area contributed by atoms with E-state index in [1.54, 1.807) is 0 Å². The number of carbonyl (C=O) groups is 1. The van der Waals surface area contributed by atoms with Crippen LogP contribution in [0.25, 0.3) is 11.1 Å². The number of hydrogen-bond acceptors (Lipinski definition) is 3. The van der Waals surface area contributed by atoms with Crippen LogP contribution in [0.1, 0.15) is 49.1 Å². The Morgan fingerprint density at radius 3 is 2.11 bits per heavy atom. The molecular formula is C24H27NO2S. The molecule has 1 aliphatic carbocycles. The van der Waals surface area contributed by atoms with Gasteiger partial charge in [0.1, 0.15) is 6.61 Å². The largest absolute Gasteiger partial charge is 0.448 e. The fraction of sp³-hybridized carbons (Fsp3) is 0.458. The molecule has 3 nitrogen and oxygen atoms in total. The molecule has 28 heavy (non-hydrogen) atoms. The normalized spacial score (nSPS) is 25.9. The number of hydrogen-bond donors (Lipinski definition) is 1. The number of piperidine rings is 2. The van der Waals surface area contributed by atoms with Gasteiger partial charge < -0.3 is 9.64 Å². The van der Waals surface area contributed by atoms with Gasteiger partial charge in [-0.05, 0) is 66.0 Å². The van der Waals surface area contributed by atoms with Gasteiger partial charge in [0.2, 0.25) is 0 Å². The van der Waals surface area contributed by atoms with E-state index in [-0.39, 0.29) is 12.0 Å².